The number of ether oxygens (including phenoxy) is 1. The van der Waals surface area contributed by atoms with Crippen molar-refractivity contribution in [3.8, 4) is 5.75 Å². The number of amides is 2. The Morgan fingerprint density at radius 2 is 1.56 bits per heavy atom. The fourth-order valence-corrected chi connectivity index (χ4v) is 3.56. The molecule has 4 rings (SSSR count). The topological polar surface area (TPSA) is 96.9 Å². The van der Waals surface area contributed by atoms with Gasteiger partial charge in [0.25, 0.3) is 11.8 Å². The first-order valence-corrected chi connectivity index (χ1v) is 12.3. The van der Waals surface area contributed by atoms with Gasteiger partial charge in [-0.15, -0.1) is 0 Å². The van der Waals surface area contributed by atoms with E-state index in [1.54, 1.807) is 91.0 Å². The van der Waals surface area contributed by atoms with Gasteiger partial charge in [0.05, 0.1) is 6.21 Å². The monoisotopic (exact) mass is 537 g/mol. The van der Waals surface area contributed by atoms with Crippen molar-refractivity contribution in [3.05, 3.63) is 136 Å². The maximum Gasteiger partial charge on any atom is 0.336 e. The van der Waals surface area contributed by atoms with Crippen LogP contribution in [0.3, 0.4) is 0 Å². The molecule has 4 aromatic carbocycles. The Bertz CT molecular complexity index is 1550. The van der Waals surface area contributed by atoms with Crippen LogP contribution in [0.25, 0.3) is 6.08 Å². The Morgan fingerprint density at radius 1 is 0.821 bits per heavy atom. The smallest absolute Gasteiger partial charge is 0.336 e. The number of carbonyl (C=O) groups is 3. The minimum Gasteiger partial charge on any atom is -0.423 e. The zero-order valence-corrected chi connectivity index (χ0v) is 21.7. The van der Waals surface area contributed by atoms with E-state index in [0.29, 0.717) is 27.4 Å². The van der Waals surface area contributed by atoms with Crippen molar-refractivity contribution in [2.45, 2.75) is 6.92 Å². The van der Waals surface area contributed by atoms with Gasteiger partial charge in [-0.05, 0) is 73.2 Å². The van der Waals surface area contributed by atoms with Crippen molar-refractivity contribution in [1.82, 2.24) is 5.43 Å². The quantitative estimate of drug-likeness (QED) is 0.0908. The van der Waals surface area contributed by atoms with E-state index in [4.69, 9.17) is 16.3 Å². The van der Waals surface area contributed by atoms with E-state index >= 15 is 0 Å². The lowest BCUT2D eigenvalue weighted by Crippen LogP contribution is -2.18. The van der Waals surface area contributed by atoms with Crippen molar-refractivity contribution >= 4 is 47.4 Å². The van der Waals surface area contributed by atoms with E-state index in [2.05, 4.69) is 15.8 Å². The molecule has 0 aliphatic heterocycles. The Balaban J connectivity index is 1.36. The van der Waals surface area contributed by atoms with Gasteiger partial charge >= 0.3 is 5.97 Å². The van der Waals surface area contributed by atoms with E-state index in [9.17, 15) is 14.4 Å². The Kier molecular flexibility index (Phi) is 9.00. The zero-order chi connectivity index (χ0) is 27.6. The van der Waals surface area contributed by atoms with Crippen LogP contribution in [0.5, 0.6) is 5.75 Å². The van der Waals surface area contributed by atoms with Crippen LogP contribution in [0.15, 0.2) is 108 Å². The summed E-state index contributed by atoms with van der Waals surface area (Å²) in [6.07, 6.45) is 4.31. The van der Waals surface area contributed by atoms with Gasteiger partial charge in [-0.2, -0.15) is 5.10 Å². The number of rotatable bonds is 8. The maximum absolute atomic E-state index is 12.6. The number of para-hydroxylation sites is 1. The number of esters is 1. The summed E-state index contributed by atoms with van der Waals surface area (Å²) < 4.78 is 5.43. The van der Waals surface area contributed by atoms with Gasteiger partial charge < -0.3 is 10.1 Å². The molecule has 194 valence electrons. The molecular weight excluding hydrogens is 514 g/mol. The van der Waals surface area contributed by atoms with Crippen LogP contribution in [0, 0.1) is 6.92 Å². The summed E-state index contributed by atoms with van der Waals surface area (Å²) in [5.41, 5.74) is 6.09. The summed E-state index contributed by atoms with van der Waals surface area (Å²) in [4.78, 5) is 37.4. The molecule has 8 heteroatoms. The third kappa shape index (κ3) is 7.99. The van der Waals surface area contributed by atoms with Crippen LogP contribution in [-0.4, -0.2) is 24.0 Å². The standard InChI is InChI=1S/C31H24ClN3O4/c1-21-9-14-23(15-10-21)30(37)34-27-7-4-6-24(19-27)31(38)35-33-20-25-5-2-3-8-28(25)39-29(36)18-13-22-11-16-26(32)17-12-22/h2-20H,1H3,(H,34,37)(H,35,38)/b18-13+,33-20?. The predicted octanol–water partition coefficient (Wildman–Crippen LogP) is 6.28. The summed E-state index contributed by atoms with van der Waals surface area (Å²) >= 11 is 5.88. The van der Waals surface area contributed by atoms with Crippen LogP contribution in [0.1, 0.15) is 37.4 Å². The van der Waals surface area contributed by atoms with E-state index in [1.807, 2.05) is 19.1 Å². The van der Waals surface area contributed by atoms with Gasteiger partial charge in [0, 0.05) is 33.5 Å². The molecule has 0 atom stereocenters. The Labute approximate surface area is 230 Å². The number of hydrazone groups is 1. The third-order valence-electron chi connectivity index (χ3n) is 5.48. The highest BCUT2D eigenvalue weighted by atomic mass is 35.5. The van der Waals surface area contributed by atoms with Crippen LogP contribution in [0.4, 0.5) is 5.69 Å². The minimum atomic E-state index is -0.570. The van der Waals surface area contributed by atoms with Crippen LogP contribution in [0.2, 0.25) is 5.02 Å². The van der Waals surface area contributed by atoms with Crippen molar-refractivity contribution in [2.75, 3.05) is 5.32 Å². The molecule has 0 saturated heterocycles. The highest BCUT2D eigenvalue weighted by Gasteiger charge is 2.10. The molecule has 0 heterocycles. The summed E-state index contributed by atoms with van der Waals surface area (Å²) in [6, 6.07) is 27.5. The molecular formula is C31H24ClN3O4. The van der Waals surface area contributed by atoms with Gasteiger partial charge in [-0.25, -0.2) is 10.2 Å². The molecule has 0 unspecified atom stereocenters. The molecule has 39 heavy (non-hydrogen) atoms. The molecule has 0 aliphatic rings. The van der Waals surface area contributed by atoms with Crippen LogP contribution in [-0.2, 0) is 4.79 Å². The molecule has 0 aromatic heterocycles. The van der Waals surface area contributed by atoms with Crippen molar-refractivity contribution in [2.24, 2.45) is 5.10 Å². The fourth-order valence-electron chi connectivity index (χ4n) is 3.43. The van der Waals surface area contributed by atoms with Crippen LogP contribution < -0.4 is 15.5 Å². The molecule has 7 nitrogen and oxygen atoms in total. The second-order valence-electron chi connectivity index (χ2n) is 8.44. The Morgan fingerprint density at radius 3 is 2.33 bits per heavy atom. The van der Waals surface area contributed by atoms with E-state index in [1.165, 1.54) is 12.3 Å². The molecule has 0 bridgehead atoms. The Hall–Kier alpha value is -5.01. The van der Waals surface area contributed by atoms with Gasteiger partial charge in [0.2, 0.25) is 0 Å². The van der Waals surface area contributed by atoms with Crippen molar-refractivity contribution in [3.63, 3.8) is 0 Å². The fraction of sp³-hybridized carbons (Fsp3) is 0.0323. The normalized spacial score (nSPS) is 10.9. The maximum atomic E-state index is 12.6. The number of aryl methyl sites for hydroxylation is 1. The minimum absolute atomic E-state index is 0.278. The number of nitrogens with zero attached hydrogens (tertiary/aromatic N) is 1. The summed E-state index contributed by atoms with van der Waals surface area (Å²) in [5.74, 6) is -1.04. The molecule has 0 spiro atoms. The highest BCUT2D eigenvalue weighted by molar-refractivity contribution is 6.30. The average molecular weight is 538 g/mol. The third-order valence-corrected chi connectivity index (χ3v) is 5.73. The molecule has 4 aromatic rings. The van der Waals surface area contributed by atoms with E-state index < -0.39 is 11.9 Å². The van der Waals surface area contributed by atoms with Crippen molar-refractivity contribution in [1.29, 1.82) is 0 Å². The molecule has 2 N–H and O–H groups in total. The molecule has 2 amide bonds. The molecule has 0 aliphatic carbocycles. The second kappa shape index (κ2) is 13.0. The lowest BCUT2D eigenvalue weighted by atomic mass is 10.1. The van der Waals surface area contributed by atoms with E-state index in [0.717, 1.165) is 11.1 Å². The van der Waals surface area contributed by atoms with Gasteiger partial charge in [0.1, 0.15) is 5.75 Å². The number of halogens is 1. The average Bonchev–Trinajstić information content (AvgIpc) is 2.94. The summed E-state index contributed by atoms with van der Waals surface area (Å²) in [5, 5.41) is 7.39. The first-order valence-electron chi connectivity index (χ1n) is 11.9. The van der Waals surface area contributed by atoms with Crippen LogP contribution >= 0.6 is 11.6 Å². The molecule has 0 fully saturated rings. The SMILES string of the molecule is Cc1ccc(C(=O)Nc2cccc(C(=O)NN=Cc3ccccc3OC(=O)/C=C/c3ccc(Cl)cc3)c2)cc1. The first-order chi connectivity index (χ1) is 18.9. The summed E-state index contributed by atoms with van der Waals surface area (Å²) in [6.45, 7) is 1.94. The number of benzene rings is 4. The summed E-state index contributed by atoms with van der Waals surface area (Å²) in [7, 11) is 0. The number of anilines is 1. The molecule has 0 radical (unpaired) electrons. The lowest BCUT2D eigenvalue weighted by molar-refractivity contribution is -0.128. The van der Waals surface area contributed by atoms with Gasteiger partial charge in [-0.1, -0.05) is 59.6 Å². The number of nitrogens with one attached hydrogen (secondary N) is 2. The lowest BCUT2D eigenvalue weighted by Gasteiger charge is -2.08. The second-order valence-corrected chi connectivity index (χ2v) is 8.88. The first kappa shape index (κ1) is 27.0. The number of hydrogen-bond donors (Lipinski definition) is 2. The predicted molar refractivity (Wildman–Crippen MR) is 153 cm³/mol. The van der Waals surface area contributed by atoms with Gasteiger partial charge in [-0.3, -0.25) is 9.59 Å². The van der Waals surface area contributed by atoms with E-state index in [-0.39, 0.29) is 11.7 Å². The van der Waals surface area contributed by atoms with Gasteiger partial charge in [0.15, 0.2) is 0 Å². The van der Waals surface area contributed by atoms with Crippen molar-refractivity contribution < 1.29 is 19.1 Å². The molecule has 0 saturated carbocycles. The highest BCUT2D eigenvalue weighted by Crippen LogP contribution is 2.17. The largest absolute Gasteiger partial charge is 0.423 e. The zero-order valence-electron chi connectivity index (χ0n) is 20.9. The number of hydrogen-bond acceptors (Lipinski definition) is 5. The number of carbonyl (C=O) groups excluding carboxylic acids is 3.